The van der Waals surface area contributed by atoms with Gasteiger partial charge in [-0.2, -0.15) is 15.0 Å². The summed E-state index contributed by atoms with van der Waals surface area (Å²) < 4.78 is 24.2. The van der Waals surface area contributed by atoms with Gasteiger partial charge >= 0.3 is 11.9 Å². The Morgan fingerprint density at radius 1 is 0.849 bits per heavy atom. The first-order chi connectivity index (χ1) is 25.3. The molecule has 0 aliphatic rings. The number of nitrogens with two attached hydrogens (primary N) is 2. The van der Waals surface area contributed by atoms with E-state index in [1.54, 1.807) is 27.7 Å². The largest absolute Gasteiger partial charge is 0.462 e. The lowest BCUT2D eigenvalue weighted by Crippen LogP contribution is -2.39. The first-order valence-electron chi connectivity index (χ1n) is 16.3. The molecule has 53 heavy (non-hydrogen) atoms. The van der Waals surface area contributed by atoms with Crippen molar-refractivity contribution in [2.75, 3.05) is 43.4 Å². The summed E-state index contributed by atoms with van der Waals surface area (Å²) in [7, 11) is 0. The van der Waals surface area contributed by atoms with Crippen molar-refractivity contribution in [1.82, 2.24) is 39.0 Å². The minimum Gasteiger partial charge on any atom is -0.462 e. The zero-order chi connectivity index (χ0) is 38.8. The Hall–Kier alpha value is -5.40. The topological polar surface area (TPSA) is 335 Å². The maximum Gasteiger partial charge on any atom is 0.323 e. The smallest absolute Gasteiger partial charge is 0.323 e. The standard InChI is InChI=1S/C29H43N13O11/c1-14(2)18(30)26(47)50-7-16(5-43)52-12-40-9-32-20-22(40)35-28(37-24(20)45)34-11-42(39-49)29-36-23-21(25(46)38-29)33-10-41(23)13-53-17(6-44)8-51-27(48)19(31)15(3)4/h9-10,14-19,43-44H,5-8,11-13,30-31H2,1-4H3,(H,36,38,46)(H2,34,35,37,45)/t16?,17?,18-,19-/m0/s1. The van der Waals surface area contributed by atoms with Gasteiger partial charge in [0.2, 0.25) is 11.9 Å². The number of carbonyl (C=O) groups excluding carboxylic acids is 2. The number of esters is 2. The molecule has 290 valence electrons. The molecule has 0 radical (unpaired) electrons. The van der Waals surface area contributed by atoms with E-state index in [0.29, 0.717) is 0 Å². The minimum absolute atomic E-state index is 0.0107. The highest BCUT2D eigenvalue weighted by Crippen LogP contribution is 2.14. The number of aliphatic hydroxyl groups is 2. The number of aromatic nitrogens is 8. The van der Waals surface area contributed by atoms with Crippen molar-refractivity contribution in [3.05, 3.63) is 38.3 Å². The van der Waals surface area contributed by atoms with E-state index < -0.39 is 67.2 Å². The number of imidazole rings is 2. The number of nitrogens with one attached hydrogen (secondary N) is 3. The highest BCUT2D eigenvalue weighted by molar-refractivity contribution is 5.76. The van der Waals surface area contributed by atoms with Crippen LogP contribution in [0.15, 0.2) is 27.5 Å². The highest BCUT2D eigenvalue weighted by Gasteiger charge is 2.23. The lowest BCUT2D eigenvalue weighted by Gasteiger charge is -2.19. The van der Waals surface area contributed by atoms with Crippen LogP contribution >= 0.6 is 0 Å². The molecule has 4 aromatic heterocycles. The molecule has 0 aliphatic carbocycles. The maximum absolute atomic E-state index is 12.8. The molecule has 0 spiro atoms. The van der Waals surface area contributed by atoms with Gasteiger partial charge < -0.3 is 45.9 Å². The zero-order valence-corrected chi connectivity index (χ0v) is 29.4. The molecule has 4 atom stereocenters. The van der Waals surface area contributed by atoms with Gasteiger partial charge in [0.15, 0.2) is 22.3 Å². The fourth-order valence-corrected chi connectivity index (χ4v) is 4.35. The number of ether oxygens (including phenoxy) is 4. The molecular weight excluding hydrogens is 706 g/mol. The van der Waals surface area contributed by atoms with E-state index in [9.17, 15) is 34.3 Å². The van der Waals surface area contributed by atoms with Crippen molar-refractivity contribution < 1.29 is 38.7 Å². The second kappa shape index (κ2) is 18.4. The molecule has 9 N–H and O–H groups in total. The summed E-state index contributed by atoms with van der Waals surface area (Å²) in [6.07, 6.45) is 0.655. The quantitative estimate of drug-likeness (QED) is 0.0206. The molecule has 24 nitrogen and oxygen atoms in total. The fraction of sp³-hybridized carbons (Fsp3) is 0.586. The van der Waals surface area contributed by atoms with E-state index in [-0.39, 0.29) is 72.7 Å². The molecule has 4 heterocycles. The number of H-pyrrole nitrogens is 2. The number of nitroso groups, excluding NO2 is 1. The van der Waals surface area contributed by atoms with Gasteiger partial charge in [0.1, 0.15) is 57.6 Å². The van der Waals surface area contributed by atoms with Crippen molar-refractivity contribution >= 4 is 46.2 Å². The molecule has 0 aliphatic heterocycles. The zero-order valence-electron chi connectivity index (χ0n) is 29.4. The van der Waals surface area contributed by atoms with Gasteiger partial charge in [-0.1, -0.05) is 27.7 Å². The van der Waals surface area contributed by atoms with Gasteiger partial charge in [-0.15, -0.1) is 4.91 Å². The Morgan fingerprint density at radius 3 is 1.77 bits per heavy atom. The van der Waals surface area contributed by atoms with E-state index >= 15 is 0 Å². The highest BCUT2D eigenvalue weighted by atomic mass is 16.6. The molecular formula is C29H43N13O11. The van der Waals surface area contributed by atoms with Crippen LogP contribution in [0.3, 0.4) is 0 Å². The van der Waals surface area contributed by atoms with Crippen molar-refractivity contribution in [3.8, 4) is 0 Å². The Labute approximate surface area is 299 Å². The molecule has 0 saturated carbocycles. The van der Waals surface area contributed by atoms with E-state index in [1.165, 1.54) is 21.8 Å². The number of aromatic amines is 2. The lowest BCUT2D eigenvalue weighted by molar-refractivity contribution is -0.153. The van der Waals surface area contributed by atoms with Crippen LogP contribution in [-0.4, -0.2) is 119 Å². The number of nitrogens with zero attached hydrogens (tertiary/aromatic N) is 8. The summed E-state index contributed by atoms with van der Waals surface area (Å²) >= 11 is 0. The van der Waals surface area contributed by atoms with Gasteiger partial charge in [-0.05, 0) is 11.8 Å². The lowest BCUT2D eigenvalue weighted by atomic mass is 10.1. The second-order valence-corrected chi connectivity index (χ2v) is 12.4. The Bertz CT molecular complexity index is 1970. The number of hydrogen-bond acceptors (Lipinski definition) is 19. The monoisotopic (exact) mass is 749 g/mol. The van der Waals surface area contributed by atoms with E-state index in [0.717, 1.165) is 5.01 Å². The van der Waals surface area contributed by atoms with Crippen LogP contribution in [0.2, 0.25) is 0 Å². The molecule has 4 rings (SSSR count). The van der Waals surface area contributed by atoms with Gasteiger partial charge in [-0.25, -0.2) is 9.97 Å². The molecule has 0 fully saturated rings. The summed E-state index contributed by atoms with van der Waals surface area (Å²) in [6.45, 7) is 4.51. The van der Waals surface area contributed by atoms with Gasteiger partial charge in [0.05, 0.1) is 31.2 Å². The predicted molar refractivity (Wildman–Crippen MR) is 185 cm³/mol. The molecule has 0 saturated heterocycles. The average Bonchev–Trinajstić information content (AvgIpc) is 3.75. The first-order valence-corrected chi connectivity index (χ1v) is 16.3. The van der Waals surface area contributed by atoms with Gasteiger partial charge in [0, 0.05) is 0 Å². The third-order valence-electron chi connectivity index (χ3n) is 7.79. The van der Waals surface area contributed by atoms with Crippen LogP contribution in [0.1, 0.15) is 27.7 Å². The van der Waals surface area contributed by atoms with Crippen molar-refractivity contribution in [3.63, 3.8) is 0 Å². The number of anilines is 2. The number of aliphatic hydroxyl groups excluding tert-OH is 2. The molecule has 0 aromatic carbocycles. The average molecular weight is 750 g/mol. The second-order valence-electron chi connectivity index (χ2n) is 12.4. The third-order valence-corrected chi connectivity index (χ3v) is 7.79. The van der Waals surface area contributed by atoms with Crippen LogP contribution in [0.25, 0.3) is 22.3 Å². The van der Waals surface area contributed by atoms with Crippen LogP contribution < -0.4 is 32.9 Å². The minimum atomic E-state index is -0.945. The molecule has 0 amide bonds. The van der Waals surface area contributed by atoms with Gasteiger partial charge in [-0.3, -0.25) is 38.3 Å². The normalized spacial score (nSPS) is 14.0. The number of hydrogen-bond donors (Lipinski definition) is 7. The first kappa shape index (κ1) is 40.4. The third kappa shape index (κ3) is 10.1. The fourth-order valence-electron chi connectivity index (χ4n) is 4.35. The van der Waals surface area contributed by atoms with Crippen molar-refractivity contribution in [2.45, 2.75) is 65.4 Å². The number of carbonyl (C=O) groups is 2. The van der Waals surface area contributed by atoms with E-state index in [2.05, 4.69) is 40.5 Å². The summed E-state index contributed by atoms with van der Waals surface area (Å²) in [4.78, 5) is 83.1. The Balaban J connectivity index is 1.42. The SMILES string of the molecule is CC(C)[C@H](N)C(=O)OCC(CO)OCn1cnc2c(=O)[nH]c(NCN(N=O)c3nc4c(ncn4COC(CO)COC(=O)[C@@H](N)C(C)C)c(=O)[nH]3)nc21. The van der Waals surface area contributed by atoms with E-state index in [1.807, 2.05) is 0 Å². The van der Waals surface area contributed by atoms with Crippen LogP contribution in [0.5, 0.6) is 0 Å². The predicted octanol–water partition coefficient (Wildman–Crippen LogP) is -2.17. The summed E-state index contributed by atoms with van der Waals surface area (Å²) in [5, 5.41) is 25.8. The van der Waals surface area contributed by atoms with Crippen LogP contribution in [0, 0.1) is 16.7 Å². The van der Waals surface area contributed by atoms with Crippen molar-refractivity contribution in [2.24, 2.45) is 28.6 Å². The van der Waals surface area contributed by atoms with Crippen molar-refractivity contribution in [1.29, 1.82) is 0 Å². The number of fused-ring (bicyclic) bond motifs is 2. The summed E-state index contributed by atoms with van der Waals surface area (Å²) in [5.74, 6) is -2.05. The van der Waals surface area contributed by atoms with Crippen LogP contribution in [-0.2, 0) is 42.0 Å². The molecule has 0 bridgehead atoms. The van der Waals surface area contributed by atoms with E-state index in [4.69, 9.17) is 30.4 Å². The van der Waals surface area contributed by atoms with Crippen LogP contribution in [0.4, 0.5) is 11.9 Å². The Kier molecular flexibility index (Phi) is 14.0. The molecule has 2 unspecified atom stereocenters. The Morgan fingerprint density at radius 2 is 1.32 bits per heavy atom. The maximum atomic E-state index is 12.8. The summed E-state index contributed by atoms with van der Waals surface area (Å²) in [5.41, 5.74) is 10.1. The molecule has 4 aromatic rings. The summed E-state index contributed by atoms with van der Waals surface area (Å²) in [6, 6.07) is -1.69. The number of rotatable bonds is 21. The molecule has 24 heteroatoms. The van der Waals surface area contributed by atoms with Gasteiger partial charge in [0.25, 0.3) is 11.1 Å².